The van der Waals surface area contributed by atoms with Crippen molar-refractivity contribution in [1.82, 2.24) is 0 Å². The summed E-state index contributed by atoms with van der Waals surface area (Å²) in [6.45, 7) is 17.3. The second-order valence-corrected chi connectivity index (χ2v) is 11.7. The van der Waals surface area contributed by atoms with E-state index in [9.17, 15) is 4.79 Å². The molecule has 0 spiro atoms. The van der Waals surface area contributed by atoms with Gasteiger partial charge >= 0.3 is 5.97 Å². The summed E-state index contributed by atoms with van der Waals surface area (Å²) in [5, 5.41) is 0.274. The van der Waals surface area contributed by atoms with Gasteiger partial charge in [-0.2, -0.15) is 0 Å². The Balaban J connectivity index is 3.77. The third-order valence-electron chi connectivity index (χ3n) is 3.98. The molecular weight excluding hydrogens is 268 g/mol. The van der Waals surface area contributed by atoms with Gasteiger partial charge in [0, 0.05) is 13.5 Å². The Bertz CT molecular complexity index is 305. The Kier molecular flexibility index (Phi) is 8.36. The normalized spacial score (nSPS) is 13.9. The number of hydrogen-bond donors (Lipinski definition) is 0. The molecule has 20 heavy (non-hydrogen) atoms. The van der Waals surface area contributed by atoms with Crippen molar-refractivity contribution in [1.29, 1.82) is 0 Å². The van der Waals surface area contributed by atoms with Gasteiger partial charge in [-0.05, 0) is 37.4 Å². The van der Waals surface area contributed by atoms with E-state index in [1.807, 2.05) is 0 Å². The molecule has 0 N–H and O–H groups in total. The second-order valence-electron chi connectivity index (χ2n) is 6.84. The molecule has 0 aliphatic heterocycles. The molecule has 0 aromatic carbocycles. The molecule has 0 amide bonds. The van der Waals surface area contributed by atoms with Gasteiger partial charge in [-0.25, -0.2) is 0 Å². The lowest BCUT2D eigenvalue weighted by Gasteiger charge is -2.36. The summed E-state index contributed by atoms with van der Waals surface area (Å²) in [5.41, 5.74) is 0. The summed E-state index contributed by atoms with van der Waals surface area (Å²) in [6.07, 6.45) is 5.60. The molecule has 3 nitrogen and oxygen atoms in total. The van der Waals surface area contributed by atoms with Crippen molar-refractivity contribution < 1.29 is 14.0 Å². The van der Waals surface area contributed by atoms with Gasteiger partial charge in [0.1, 0.15) is 6.10 Å². The quantitative estimate of drug-likeness (QED) is 0.268. The molecule has 1 atom stereocenters. The van der Waals surface area contributed by atoms with Crippen LogP contribution in [0.3, 0.4) is 0 Å². The SMILES string of the molecule is C=CC(CCCCCO[Si](C)(C)C(C)(C)C)OC(C)=O. The van der Waals surface area contributed by atoms with Crippen LogP contribution in [0.4, 0.5) is 0 Å². The number of carbonyl (C=O) groups is 1. The Labute approximate surface area is 125 Å². The maximum Gasteiger partial charge on any atom is 0.303 e. The third-order valence-corrected chi connectivity index (χ3v) is 8.52. The molecule has 0 aliphatic carbocycles. The molecular formula is C16H32O3Si. The van der Waals surface area contributed by atoms with E-state index < -0.39 is 8.32 Å². The summed E-state index contributed by atoms with van der Waals surface area (Å²) < 4.78 is 11.2. The lowest BCUT2D eigenvalue weighted by molar-refractivity contribution is -0.144. The average Bonchev–Trinajstić information content (AvgIpc) is 2.29. The zero-order valence-corrected chi connectivity index (χ0v) is 15.1. The van der Waals surface area contributed by atoms with Crippen LogP contribution in [0, 0.1) is 0 Å². The smallest absolute Gasteiger partial charge is 0.303 e. The second kappa shape index (κ2) is 8.62. The predicted octanol–water partition coefficient (Wildman–Crippen LogP) is 4.69. The van der Waals surface area contributed by atoms with E-state index in [1.54, 1.807) is 6.08 Å². The fourth-order valence-corrected chi connectivity index (χ4v) is 2.69. The molecule has 0 heterocycles. The van der Waals surface area contributed by atoms with E-state index in [0.29, 0.717) is 0 Å². The van der Waals surface area contributed by atoms with Crippen molar-refractivity contribution in [2.24, 2.45) is 0 Å². The van der Waals surface area contributed by atoms with Crippen LogP contribution in [-0.4, -0.2) is 27.0 Å². The number of rotatable bonds is 9. The predicted molar refractivity (Wildman–Crippen MR) is 87.4 cm³/mol. The molecule has 0 aromatic heterocycles. The summed E-state index contributed by atoms with van der Waals surface area (Å²) in [5.74, 6) is -0.240. The van der Waals surface area contributed by atoms with Gasteiger partial charge in [0.15, 0.2) is 8.32 Å². The van der Waals surface area contributed by atoms with Gasteiger partial charge in [0.2, 0.25) is 0 Å². The van der Waals surface area contributed by atoms with E-state index in [-0.39, 0.29) is 17.1 Å². The zero-order valence-electron chi connectivity index (χ0n) is 14.1. The highest BCUT2D eigenvalue weighted by molar-refractivity contribution is 6.74. The van der Waals surface area contributed by atoms with Crippen LogP contribution >= 0.6 is 0 Å². The number of hydrogen-bond acceptors (Lipinski definition) is 3. The van der Waals surface area contributed by atoms with E-state index in [4.69, 9.17) is 9.16 Å². The van der Waals surface area contributed by atoms with Gasteiger partial charge in [-0.15, -0.1) is 0 Å². The largest absolute Gasteiger partial charge is 0.458 e. The molecule has 0 aliphatic rings. The van der Waals surface area contributed by atoms with Gasteiger partial charge in [-0.3, -0.25) is 4.79 Å². The minimum atomic E-state index is -1.60. The highest BCUT2D eigenvalue weighted by Gasteiger charge is 2.36. The fourth-order valence-electron chi connectivity index (χ4n) is 1.61. The van der Waals surface area contributed by atoms with Crippen molar-refractivity contribution in [3.8, 4) is 0 Å². The lowest BCUT2D eigenvalue weighted by Crippen LogP contribution is -2.40. The first-order valence-electron chi connectivity index (χ1n) is 7.54. The molecule has 0 saturated heterocycles. The molecule has 1 unspecified atom stereocenters. The average molecular weight is 301 g/mol. The number of carbonyl (C=O) groups excluding carboxylic acids is 1. The number of esters is 1. The fraction of sp³-hybridized carbons (Fsp3) is 0.812. The number of ether oxygens (including phenoxy) is 1. The van der Waals surface area contributed by atoms with Crippen LogP contribution < -0.4 is 0 Å². The molecule has 0 bridgehead atoms. The van der Waals surface area contributed by atoms with Crippen LogP contribution in [0.15, 0.2) is 12.7 Å². The summed E-state index contributed by atoms with van der Waals surface area (Å²) in [4.78, 5) is 10.9. The molecule has 0 radical (unpaired) electrons. The first-order chi connectivity index (χ1) is 9.10. The van der Waals surface area contributed by atoms with Crippen LogP contribution in [-0.2, 0) is 14.0 Å². The Morgan fingerprint density at radius 1 is 1.25 bits per heavy atom. The van der Waals surface area contributed by atoms with Crippen LogP contribution in [0.5, 0.6) is 0 Å². The molecule has 118 valence electrons. The Morgan fingerprint density at radius 2 is 1.85 bits per heavy atom. The summed E-state index contributed by atoms with van der Waals surface area (Å²) in [7, 11) is -1.60. The molecule has 0 aromatic rings. The van der Waals surface area contributed by atoms with Crippen molar-refractivity contribution in [3.63, 3.8) is 0 Å². The van der Waals surface area contributed by atoms with Gasteiger partial charge in [0.25, 0.3) is 0 Å². The van der Waals surface area contributed by atoms with Crippen LogP contribution in [0.2, 0.25) is 18.1 Å². The van der Waals surface area contributed by atoms with Crippen LogP contribution in [0.25, 0.3) is 0 Å². The molecule has 0 fully saturated rings. The van der Waals surface area contributed by atoms with Crippen molar-refractivity contribution >= 4 is 14.3 Å². The maximum absolute atomic E-state index is 10.9. The van der Waals surface area contributed by atoms with Gasteiger partial charge < -0.3 is 9.16 Å². The lowest BCUT2D eigenvalue weighted by atomic mass is 10.1. The highest BCUT2D eigenvalue weighted by atomic mass is 28.4. The topological polar surface area (TPSA) is 35.5 Å². The first-order valence-corrected chi connectivity index (χ1v) is 10.4. The number of unbranched alkanes of at least 4 members (excludes halogenated alkanes) is 2. The van der Waals surface area contributed by atoms with Crippen molar-refractivity contribution in [3.05, 3.63) is 12.7 Å². The van der Waals surface area contributed by atoms with Crippen LogP contribution in [0.1, 0.15) is 53.4 Å². The molecule has 0 rings (SSSR count). The minimum Gasteiger partial charge on any atom is -0.458 e. The van der Waals surface area contributed by atoms with E-state index in [0.717, 1.165) is 32.3 Å². The molecule has 4 heteroatoms. The van der Waals surface area contributed by atoms with Crippen molar-refractivity contribution in [2.75, 3.05) is 6.61 Å². The molecule has 0 saturated carbocycles. The van der Waals surface area contributed by atoms with Gasteiger partial charge in [-0.1, -0.05) is 39.8 Å². The standard InChI is InChI=1S/C16H32O3Si/c1-8-15(19-14(2)17)12-10-9-11-13-18-20(6,7)16(3,4)5/h8,15H,1,9-13H2,2-7H3. The Morgan fingerprint density at radius 3 is 2.30 bits per heavy atom. The van der Waals surface area contributed by atoms with E-state index in [1.165, 1.54) is 6.92 Å². The van der Waals surface area contributed by atoms with E-state index in [2.05, 4.69) is 40.4 Å². The first kappa shape index (κ1) is 19.4. The highest BCUT2D eigenvalue weighted by Crippen LogP contribution is 2.36. The third kappa shape index (κ3) is 7.85. The summed E-state index contributed by atoms with van der Waals surface area (Å²) in [6, 6.07) is 0. The summed E-state index contributed by atoms with van der Waals surface area (Å²) >= 11 is 0. The minimum absolute atomic E-state index is 0.145. The monoisotopic (exact) mass is 300 g/mol. The Hall–Kier alpha value is -0.613. The zero-order chi connectivity index (χ0) is 15.8. The maximum atomic E-state index is 10.9. The van der Waals surface area contributed by atoms with Crippen molar-refractivity contribution in [2.45, 2.75) is 77.6 Å². The van der Waals surface area contributed by atoms with Gasteiger partial charge in [0.05, 0.1) is 0 Å². The van der Waals surface area contributed by atoms with E-state index >= 15 is 0 Å².